The number of nitrogen functional groups attached to an aromatic ring is 1. The van der Waals surface area contributed by atoms with Gasteiger partial charge in [0.2, 0.25) is 0 Å². The van der Waals surface area contributed by atoms with Crippen LogP contribution in [0.5, 0.6) is 0 Å². The highest BCUT2D eigenvalue weighted by Gasteiger charge is 2.37. The van der Waals surface area contributed by atoms with Crippen LogP contribution in [0.25, 0.3) is 22.7 Å². The molecule has 224 valence electrons. The predicted octanol–water partition coefficient (Wildman–Crippen LogP) is 4.17. The zero-order valence-corrected chi connectivity index (χ0v) is 23.7. The molecule has 0 bridgehead atoms. The zero-order chi connectivity index (χ0) is 31.6. The smallest absolute Gasteiger partial charge is 0.381 e. The second-order valence-corrected chi connectivity index (χ2v) is 9.70. The van der Waals surface area contributed by atoms with Crippen LogP contribution in [0, 0.1) is 11.8 Å². The minimum absolute atomic E-state index is 0.154. The number of aryl methyl sites for hydroxylation is 2. The van der Waals surface area contributed by atoms with Gasteiger partial charge in [0.15, 0.2) is 11.5 Å². The third-order valence-corrected chi connectivity index (χ3v) is 6.86. The maximum absolute atomic E-state index is 13.5. The van der Waals surface area contributed by atoms with E-state index in [0.29, 0.717) is 35.1 Å². The Bertz CT molecular complexity index is 2030. The highest BCUT2D eigenvalue weighted by molar-refractivity contribution is 6.02. The molecule has 13 heteroatoms. The number of fused-ring (bicyclic) bond motifs is 2. The first-order chi connectivity index (χ1) is 21.0. The van der Waals surface area contributed by atoms with Gasteiger partial charge in [-0.15, -0.1) is 5.10 Å². The number of primary amides is 1. The lowest BCUT2D eigenvalue weighted by molar-refractivity contribution is -0.143. The summed E-state index contributed by atoms with van der Waals surface area (Å²) in [6.45, 7) is 2.61. The summed E-state index contributed by atoms with van der Waals surface area (Å²) in [6.07, 6.45) is 0.738. The fraction of sp³-hybridized carbons (Fsp3) is 0.161. The first-order valence-corrected chi connectivity index (χ1v) is 13.4. The molecule has 0 fully saturated rings. The number of pyridine rings is 1. The molecule has 1 amide bonds. The average molecular weight is 601 g/mol. The van der Waals surface area contributed by atoms with Crippen molar-refractivity contribution in [2.75, 3.05) is 17.6 Å². The van der Waals surface area contributed by atoms with E-state index in [-0.39, 0.29) is 22.5 Å². The van der Waals surface area contributed by atoms with Crippen molar-refractivity contribution in [2.45, 2.75) is 19.5 Å². The Morgan fingerprint density at radius 1 is 1.09 bits per heavy atom. The number of aromatic nitrogens is 5. The van der Waals surface area contributed by atoms with E-state index in [1.165, 1.54) is 11.7 Å². The summed E-state index contributed by atoms with van der Waals surface area (Å²) in [5.41, 5.74) is 11.4. The first kappa shape index (κ1) is 29.7. The van der Waals surface area contributed by atoms with Gasteiger partial charge < -0.3 is 16.8 Å². The Kier molecular flexibility index (Phi) is 8.00. The van der Waals surface area contributed by atoms with Crippen molar-refractivity contribution in [3.8, 4) is 17.5 Å². The summed E-state index contributed by atoms with van der Waals surface area (Å²) in [6, 6.07) is 16.3. The molecule has 0 saturated carbocycles. The Labute approximate surface area is 249 Å². The van der Waals surface area contributed by atoms with Gasteiger partial charge in [-0.2, -0.15) is 18.3 Å². The van der Waals surface area contributed by atoms with Gasteiger partial charge in [0.05, 0.1) is 17.1 Å². The lowest BCUT2D eigenvalue weighted by Gasteiger charge is -2.14. The molecule has 0 aliphatic carbocycles. The molecule has 1 aliphatic heterocycles. The monoisotopic (exact) mass is 600 g/mol. The molecule has 5 aromatic rings. The molecule has 2 aromatic carbocycles. The molecule has 4 heterocycles. The fourth-order valence-electron chi connectivity index (χ4n) is 4.92. The van der Waals surface area contributed by atoms with Crippen molar-refractivity contribution in [2.24, 2.45) is 12.8 Å². The van der Waals surface area contributed by atoms with Gasteiger partial charge in [-0.3, -0.25) is 18.8 Å². The van der Waals surface area contributed by atoms with E-state index in [9.17, 15) is 22.8 Å². The second-order valence-electron chi connectivity index (χ2n) is 9.70. The van der Waals surface area contributed by atoms with Crippen LogP contribution in [-0.4, -0.2) is 36.6 Å². The second kappa shape index (κ2) is 11.8. The summed E-state index contributed by atoms with van der Waals surface area (Å²) in [5.74, 6) is 5.48. The number of nitrogens with two attached hydrogens (primary N) is 2. The number of rotatable bonds is 3. The maximum Gasteiger partial charge on any atom is 0.434 e. The number of nitrogens with one attached hydrogen (secondary N) is 1. The molecule has 6 rings (SSSR count). The van der Waals surface area contributed by atoms with Crippen molar-refractivity contribution >= 4 is 34.5 Å². The van der Waals surface area contributed by atoms with E-state index in [1.807, 2.05) is 55.5 Å². The summed E-state index contributed by atoms with van der Waals surface area (Å²) >= 11 is 0. The Hall–Kier alpha value is -5.77. The minimum Gasteiger partial charge on any atom is -0.381 e. The lowest BCUT2D eigenvalue weighted by atomic mass is 10.0. The van der Waals surface area contributed by atoms with Crippen LogP contribution in [0.4, 0.5) is 24.8 Å². The summed E-state index contributed by atoms with van der Waals surface area (Å²) in [4.78, 5) is 24.4. The number of hydrogen-bond donors (Lipinski definition) is 3. The van der Waals surface area contributed by atoms with E-state index in [0.717, 1.165) is 22.3 Å². The van der Waals surface area contributed by atoms with Crippen LogP contribution < -0.4 is 22.3 Å². The summed E-state index contributed by atoms with van der Waals surface area (Å²) in [5, 5.41) is 11.6. The van der Waals surface area contributed by atoms with E-state index >= 15 is 0 Å². The van der Waals surface area contributed by atoms with Gasteiger partial charge in [-0.25, -0.2) is 4.68 Å². The Morgan fingerprint density at radius 3 is 2.50 bits per heavy atom. The first-order valence-electron chi connectivity index (χ1n) is 13.4. The molecule has 0 unspecified atom stereocenters. The van der Waals surface area contributed by atoms with Crippen molar-refractivity contribution in [1.29, 1.82) is 0 Å². The van der Waals surface area contributed by atoms with Crippen molar-refractivity contribution in [1.82, 2.24) is 24.1 Å². The number of nitrogens with zero attached hydrogens (tertiary/aromatic N) is 5. The topological polar surface area (TPSA) is 139 Å². The highest BCUT2D eigenvalue weighted by atomic mass is 19.4. The molecule has 0 saturated heterocycles. The van der Waals surface area contributed by atoms with E-state index < -0.39 is 17.8 Å². The van der Waals surface area contributed by atoms with Crippen molar-refractivity contribution in [3.63, 3.8) is 0 Å². The van der Waals surface area contributed by atoms with Crippen molar-refractivity contribution < 1.29 is 18.0 Å². The number of anilines is 2. The van der Waals surface area contributed by atoms with Gasteiger partial charge in [-0.05, 0) is 42.1 Å². The molecule has 3 aromatic heterocycles. The fourth-order valence-corrected chi connectivity index (χ4v) is 4.92. The van der Waals surface area contributed by atoms with Crippen LogP contribution in [-0.2, 0) is 19.6 Å². The van der Waals surface area contributed by atoms with E-state index in [1.54, 1.807) is 22.9 Å². The SMILES string of the molecule is CCc1cc2cccc(C#Cc3cnn(C)c3C(F)(F)F)c2c(=O)n1-c1ccccc1.NC(=O)c1c(N)nn2c1NCC=C2. The van der Waals surface area contributed by atoms with Crippen LogP contribution in [0.1, 0.15) is 39.8 Å². The van der Waals surface area contributed by atoms with Crippen LogP contribution in [0.15, 0.2) is 71.7 Å². The van der Waals surface area contributed by atoms with Gasteiger partial charge >= 0.3 is 6.18 Å². The molecule has 1 aliphatic rings. The predicted molar refractivity (Wildman–Crippen MR) is 162 cm³/mol. The third-order valence-electron chi connectivity index (χ3n) is 6.86. The normalized spacial score (nSPS) is 12.0. The molecular weight excluding hydrogens is 573 g/mol. The largest absolute Gasteiger partial charge is 0.434 e. The van der Waals surface area contributed by atoms with Gasteiger partial charge in [0.1, 0.15) is 11.4 Å². The number of hydrogen-bond acceptors (Lipinski definition) is 6. The summed E-state index contributed by atoms with van der Waals surface area (Å²) < 4.78 is 43.9. The standard InChI is InChI=1S/C24H18F3N3O.C7H9N5O/c1-3-19-14-17-9-7-8-16(12-13-18-15-28-29(2)22(18)24(25,26)27)21(17)23(31)30(19)20-10-5-4-6-11-20;8-5-4(6(9)13)7-10-2-1-3-12(7)11-5/h4-11,14-15H,3H2,1-2H3;1,3,10H,2H2,(H2,8,11)(H2,9,13). The Balaban J connectivity index is 0.000000245. The number of carbonyl (C=O) groups is 1. The molecule has 10 nitrogen and oxygen atoms in total. The number of amides is 1. The molecule has 0 atom stereocenters. The molecular formula is C31H27F3N8O2. The van der Waals surface area contributed by atoms with Crippen LogP contribution in [0.2, 0.25) is 0 Å². The number of carbonyl (C=O) groups excluding carboxylic acids is 1. The minimum atomic E-state index is -4.58. The average Bonchev–Trinajstić information content (AvgIpc) is 3.55. The summed E-state index contributed by atoms with van der Waals surface area (Å²) in [7, 11) is 1.22. The quantitative estimate of drug-likeness (QED) is 0.266. The van der Waals surface area contributed by atoms with Crippen LogP contribution >= 0.6 is 0 Å². The number of alkyl halides is 3. The highest BCUT2D eigenvalue weighted by Crippen LogP contribution is 2.31. The third kappa shape index (κ3) is 5.65. The van der Waals surface area contributed by atoms with Crippen LogP contribution in [0.3, 0.4) is 0 Å². The molecule has 0 spiro atoms. The number of benzene rings is 2. The lowest BCUT2D eigenvalue weighted by Crippen LogP contribution is -2.22. The Morgan fingerprint density at radius 2 is 1.82 bits per heavy atom. The van der Waals surface area contributed by atoms with Gasteiger partial charge in [0.25, 0.3) is 11.5 Å². The molecule has 44 heavy (non-hydrogen) atoms. The number of para-hydroxylation sites is 1. The van der Waals surface area contributed by atoms with Gasteiger partial charge in [-0.1, -0.05) is 49.1 Å². The number of halogens is 3. The molecule has 0 radical (unpaired) electrons. The van der Waals surface area contributed by atoms with E-state index in [2.05, 4.69) is 27.4 Å². The molecule has 5 N–H and O–H groups in total. The van der Waals surface area contributed by atoms with Gasteiger partial charge in [0, 0.05) is 36.7 Å². The zero-order valence-electron chi connectivity index (χ0n) is 23.7. The van der Waals surface area contributed by atoms with Crippen molar-refractivity contribution in [3.05, 3.63) is 105 Å². The van der Waals surface area contributed by atoms with E-state index in [4.69, 9.17) is 11.5 Å². The maximum atomic E-state index is 13.5.